The molecule has 12 rings (SSSR count). The predicted octanol–water partition coefficient (Wildman–Crippen LogP) is 14.0. The van der Waals surface area contributed by atoms with Crippen LogP contribution in [0.25, 0.3) is 104 Å². The fraction of sp³-hybridized carbons (Fsp3) is 0.0392. The van der Waals surface area contributed by atoms with Crippen molar-refractivity contribution >= 4 is 81.8 Å². The van der Waals surface area contributed by atoms with Crippen LogP contribution in [0.5, 0.6) is 0 Å². The predicted molar refractivity (Wildman–Crippen MR) is 233 cm³/mol. The zero-order valence-electron chi connectivity index (χ0n) is 30.1. The van der Waals surface area contributed by atoms with Crippen LogP contribution in [-0.2, 0) is 0 Å². The zero-order chi connectivity index (χ0) is 36.7. The van der Waals surface area contributed by atoms with Crippen LogP contribution in [0.3, 0.4) is 0 Å². The van der Waals surface area contributed by atoms with E-state index in [-0.39, 0.29) is 5.92 Å². The highest BCUT2D eigenvalue weighted by molar-refractivity contribution is 7.20. The number of hydrogen-bond donors (Lipinski definition) is 0. The lowest BCUT2D eigenvalue weighted by atomic mass is 9.88. The third kappa shape index (κ3) is 4.88. The second kappa shape index (κ2) is 12.3. The molecule has 11 aromatic rings. The normalized spacial score (nSPS) is 14.1. The first-order valence-electron chi connectivity index (χ1n) is 19.0. The van der Waals surface area contributed by atoms with Gasteiger partial charge in [-0.2, -0.15) is 0 Å². The molecule has 0 saturated carbocycles. The van der Waals surface area contributed by atoms with Crippen molar-refractivity contribution in [2.45, 2.75) is 12.3 Å². The van der Waals surface area contributed by atoms with Crippen molar-refractivity contribution in [1.82, 2.24) is 15.0 Å². The molecule has 8 aromatic carbocycles. The average molecular weight is 734 g/mol. The number of allylic oxidation sites excluding steroid dienone is 1. The second-order valence-corrected chi connectivity index (χ2v) is 15.7. The maximum Gasteiger partial charge on any atom is 0.164 e. The molecule has 0 N–H and O–H groups in total. The number of thiophene rings is 1. The topological polar surface area (TPSA) is 51.8 Å². The van der Waals surface area contributed by atoms with Crippen molar-refractivity contribution < 1.29 is 4.42 Å². The molecule has 0 bridgehead atoms. The summed E-state index contributed by atoms with van der Waals surface area (Å²) in [5.41, 5.74) is 7.12. The van der Waals surface area contributed by atoms with Gasteiger partial charge in [0.2, 0.25) is 0 Å². The number of hydrogen-bond acceptors (Lipinski definition) is 5. The summed E-state index contributed by atoms with van der Waals surface area (Å²) in [6.07, 6.45) is 5.34. The quantitative estimate of drug-likeness (QED) is 0.169. The fourth-order valence-corrected chi connectivity index (χ4v) is 10.0. The van der Waals surface area contributed by atoms with E-state index in [2.05, 4.69) is 140 Å². The SMILES string of the molecule is C1=Cc2sc3ccccc3c2C(c2nc(-c3ccccc3)nc(-c3cccc4oc5ccc(-c6ccc7c(ccc8c9ccccc9ccc78)c6)cc5c34)n2)C1. The molecule has 1 unspecified atom stereocenters. The van der Waals surface area contributed by atoms with Crippen LogP contribution in [0.4, 0.5) is 0 Å². The maximum absolute atomic E-state index is 6.53. The number of nitrogens with zero attached hydrogens (tertiary/aromatic N) is 3. The fourth-order valence-electron chi connectivity index (χ4n) is 8.82. The van der Waals surface area contributed by atoms with Gasteiger partial charge in [0.25, 0.3) is 0 Å². The highest BCUT2D eigenvalue weighted by atomic mass is 32.1. The molecule has 4 nitrogen and oxygen atoms in total. The monoisotopic (exact) mass is 733 g/mol. The highest BCUT2D eigenvalue weighted by Gasteiger charge is 2.28. The van der Waals surface area contributed by atoms with Gasteiger partial charge < -0.3 is 4.42 Å². The summed E-state index contributed by atoms with van der Waals surface area (Å²) in [5, 5.41) is 10.9. The van der Waals surface area contributed by atoms with Crippen molar-refractivity contribution in [2.24, 2.45) is 0 Å². The first kappa shape index (κ1) is 31.4. The van der Waals surface area contributed by atoms with E-state index in [0.717, 1.165) is 56.4 Å². The molecule has 56 heavy (non-hydrogen) atoms. The molecular formula is C51H31N3OS. The second-order valence-electron chi connectivity index (χ2n) is 14.6. The van der Waals surface area contributed by atoms with Crippen molar-refractivity contribution in [3.8, 4) is 33.9 Å². The van der Waals surface area contributed by atoms with Gasteiger partial charge in [0, 0.05) is 37.4 Å². The van der Waals surface area contributed by atoms with Crippen LogP contribution in [0.1, 0.15) is 28.6 Å². The smallest absolute Gasteiger partial charge is 0.164 e. The number of furan rings is 1. The van der Waals surface area contributed by atoms with Crippen LogP contribution in [0, 0.1) is 0 Å². The van der Waals surface area contributed by atoms with Crippen molar-refractivity contribution in [2.75, 3.05) is 0 Å². The summed E-state index contributed by atoms with van der Waals surface area (Å²) in [6, 6.07) is 56.1. The van der Waals surface area contributed by atoms with E-state index in [1.54, 1.807) is 0 Å². The minimum atomic E-state index is 0.00556. The van der Waals surface area contributed by atoms with Crippen molar-refractivity contribution in [3.63, 3.8) is 0 Å². The summed E-state index contributed by atoms with van der Waals surface area (Å²) < 4.78 is 7.81. The molecular weight excluding hydrogens is 703 g/mol. The number of rotatable bonds is 4. The van der Waals surface area contributed by atoms with Gasteiger partial charge in [-0.3, -0.25) is 0 Å². The number of aromatic nitrogens is 3. The van der Waals surface area contributed by atoms with Gasteiger partial charge in [0.1, 0.15) is 17.0 Å². The molecule has 0 radical (unpaired) electrons. The minimum Gasteiger partial charge on any atom is -0.456 e. The van der Waals surface area contributed by atoms with E-state index in [1.807, 2.05) is 41.7 Å². The summed E-state index contributed by atoms with van der Waals surface area (Å²) in [7, 11) is 0. The molecule has 1 aliphatic rings. The number of benzene rings is 8. The summed E-state index contributed by atoms with van der Waals surface area (Å²) in [6.45, 7) is 0. The largest absolute Gasteiger partial charge is 0.456 e. The van der Waals surface area contributed by atoms with Crippen molar-refractivity contribution in [3.05, 3.63) is 180 Å². The molecule has 0 amide bonds. The molecule has 5 heteroatoms. The lowest BCUT2D eigenvalue weighted by Gasteiger charge is -2.20. The molecule has 262 valence electrons. The average Bonchev–Trinajstić information content (AvgIpc) is 3.84. The van der Waals surface area contributed by atoms with E-state index < -0.39 is 0 Å². The summed E-state index contributed by atoms with van der Waals surface area (Å²) >= 11 is 1.83. The molecule has 3 heterocycles. The summed E-state index contributed by atoms with van der Waals surface area (Å²) in [5.74, 6) is 2.10. The van der Waals surface area contributed by atoms with Crippen LogP contribution >= 0.6 is 11.3 Å². The first-order chi connectivity index (χ1) is 27.7. The van der Waals surface area contributed by atoms with E-state index in [4.69, 9.17) is 19.4 Å². The van der Waals surface area contributed by atoms with E-state index in [1.165, 1.54) is 52.8 Å². The maximum atomic E-state index is 6.53. The molecule has 1 atom stereocenters. The van der Waals surface area contributed by atoms with Crippen LogP contribution in [-0.4, -0.2) is 15.0 Å². The molecule has 3 aromatic heterocycles. The van der Waals surface area contributed by atoms with E-state index in [9.17, 15) is 0 Å². The Morgan fingerprint density at radius 3 is 2.14 bits per heavy atom. The Morgan fingerprint density at radius 2 is 1.23 bits per heavy atom. The Morgan fingerprint density at radius 1 is 0.500 bits per heavy atom. The molecule has 0 spiro atoms. The van der Waals surface area contributed by atoms with Crippen LogP contribution < -0.4 is 0 Å². The third-order valence-corrected chi connectivity index (χ3v) is 12.6. The summed E-state index contributed by atoms with van der Waals surface area (Å²) in [4.78, 5) is 17.0. The molecule has 0 aliphatic heterocycles. The molecule has 0 saturated heterocycles. The zero-order valence-corrected chi connectivity index (χ0v) is 30.9. The van der Waals surface area contributed by atoms with E-state index >= 15 is 0 Å². The van der Waals surface area contributed by atoms with Gasteiger partial charge in [0.05, 0.1) is 0 Å². The Labute approximate surface area is 326 Å². The molecule has 0 fully saturated rings. The first-order valence-corrected chi connectivity index (χ1v) is 19.8. The van der Waals surface area contributed by atoms with Gasteiger partial charge >= 0.3 is 0 Å². The Bertz CT molecular complexity index is 3410. The minimum absolute atomic E-state index is 0.00556. The van der Waals surface area contributed by atoms with Crippen LogP contribution in [0.2, 0.25) is 0 Å². The van der Waals surface area contributed by atoms with Crippen LogP contribution in [0.15, 0.2) is 168 Å². The van der Waals surface area contributed by atoms with Gasteiger partial charge in [0.15, 0.2) is 11.6 Å². The lowest BCUT2D eigenvalue weighted by molar-refractivity contribution is 0.669. The highest BCUT2D eigenvalue weighted by Crippen LogP contribution is 2.45. The van der Waals surface area contributed by atoms with Gasteiger partial charge in [-0.1, -0.05) is 133 Å². The van der Waals surface area contributed by atoms with Gasteiger partial charge in [-0.15, -0.1) is 11.3 Å². The standard InChI is InChI=1S/C51H31N3OS/c1-2-11-31(12-3-1)49-52-50(54-51(53-49)41-16-9-19-46-48(41)39-14-6-7-18-45(39)56-46)40-15-8-17-44-47(40)42-29-33(23-27-43(42)55-44)32-21-24-36-34(28-32)22-26-37-35-13-5-4-10-30(35)20-25-38(36)37/h1-15,17-29,41H,16H2. The lowest BCUT2D eigenvalue weighted by Crippen LogP contribution is -2.11. The van der Waals surface area contributed by atoms with E-state index in [0.29, 0.717) is 11.6 Å². The van der Waals surface area contributed by atoms with Crippen molar-refractivity contribution in [1.29, 1.82) is 0 Å². The Balaban J connectivity index is 1.02. The van der Waals surface area contributed by atoms with Gasteiger partial charge in [-0.05, 0) is 97.2 Å². The Hall–Kier alpha value is -6.95. The van der Waals surface area contributed by atoms with Gasteiger partial charge in [-0.25, -0.2) is 15.0 Å². The number of fused-ring (bicyclic) bond motifs is 11. The third-order valence-electron chi connectivity index (χ3n) is 11.5. The molecule has 1 aliphatic carbocycles. The Kier molecular flexibility index (Phi) is 6.89.